The summed E-state index contributed by atoms with van der Waals surface area (Å²) in [5.74, 6) is 0. The van der Waals surface area contributed by atoms with Crippen molar-refractivity contribution in [2.45, 2.75) is 86.7 Å². The molecule has 0 aliphatic carbocycles. The van der Waals surface area contributed by atoms with Gasteiger partial charge in [-0.3, -0.25) is 0 Å². The highest BCUT2D eigenvalue weighted by molar-refractivity contribution is 14.1. The Hall–Kier alpha value is 0.240. The van der Waals surface area contributed by atoms with Gasteiger partial charge in [0.25, 0.3) is 5.67 Å². The van der Waals surface area contributed by atoms with Crippen molar-refractivity contribution in [3.8, 4) is 0 Å². The molecule has 0 aromatic heterocycles. The maximum atomic E-state index is 13.9. The molecule has 0 heterocycles. The van der Waals surface area contributed by atoms with E-state index in [4.69, 9.17) is 0 Å². The lowest BCUT2D eigenvalue weighted by Crippen LogP contribution is -2.56. The van der Waals surface area contributed by atoms with E-state index in [2.05, 4.69) is 0 Å². The molecule has 0 aliphatic heterocycles. The summed E-state index contributed by atoms with van der Waals surface area (Å²) in [5.41, 5.74) is -5.15. The van der Waals surface area contributed by atoms with Crippen LogP contribution in [0.25, 0.3) is 0 Å². The van der Waals surface area contributed by atoms with Gasteiger partial charge in [0.2, 0.25) is 0 Å². The first-order chi connectivity index (χ1) is 9.83. The summed E-state index contributed by atoms with van der Waals surface area (Å²) in [7, 11) is 0. The van der Waals surface area contributed by atoms with Gasteiger partial charge in [-0.1, -0.05) is 68.5 Å². The molecule has 1 atom stereocenters. The van der Waals surface area contributed by atoms with E-state index in [0.29, 0.717) is 6.42 Å². The largest absolute Gasteiger partial charge is 0.431 e. The van der Waals surface area contributed by atoms with Crippen LogP contribution in [0, 0.1) is 0 Å². The predicted octanol–water partition coefficient (Wildman–Crippen LogP) is 7.15. The van der Waals surface area contributed by atoms with Crippen LogP contribution < -0.4 is 0 Å². The maximum absolute atomic E-state index is 13.9. The van der Waals surface area contributed by atoms with Crippen molar-refractivity contribution in [1.82, 2.24) is 0 Å². The molecule has 0 saturated heterocycles. The summed E-state index contributed by atoms with van der Waals surface area (Å²) in [6.07, 6.45) is -9.23. The Bertz CT molecular complexity index is 310. The molecule has 1 unspecified atom stereocenters. The van der Waals surface area contributed by atoms with Crippen molar-refractivity contribution in [2.75, 3.05) is 0 Å². The lowest BCUT2D eigenvalue weighted by atomic mass is 9.85. The fourth-order valence-corrected chi connectivity index (χ4v) is 3.14. The minimum absolute atomic E-state index is 0.0547. The van der Waals surface area contributed by atoms with Crippen molar-refractivity contribution in [2.24, 2.45) is 0 Å². The fraction of sp³-hybridized carbons (Fsp3) is 1.00. The van der Waals surface area contributed by atoms with Gasteiger partial charge in [-0.15, -0.1) is 0 Å². The molecular formula is C14H22F7I. The van der Waals surface area contributed by atoms with Gasteiger partial charge in [-0.2, -0.15) is 26.3 Å². The molecule has 0 radical (unpaired) electrons. The zero-order valence-corrected chi connectivity index (χ0v) is 14.8. The van der Waals surface area contributed by atoms with Gasteiger partial charge in [0.15, 0.2) is 0 Å². The lowest BCUT2D eigenvalue weighted by Gasteiger charge is -2.37. The third-order valence-electron chi connectivity index (χ3n) is 3.82. The first kappa shape index (κ1) is 22.2. The Kier molecular flexibility index (Phi) is 8.46. The molecule has 0 N–H and O–H groups in total. The second-order valence-corrected chi connectivity index (χ2v) is 7.93. The predicted molar refractivity (Wildman–Crippen MR) is 81.0 cm³/mol. The van der Waals surface area contributed by atoms with Crippen molar-refractivity contribution in [1.29, 1.82) is 0 Å². The van der Waals surface area contributed by atoms with Gasteiger partial charge in [0.1, 0.15) is 0 Å². The Labute approximate surface area is 140 Å². The van der Waals surface area contributed by atoms with Crippen LogP contribution in [0.15, 0.2) is 0 Å². The van der Waals surface area contributed by atoms with E-state index in [1.807, 2.05) is 6.92 Å². The van der Waals surface area contributed by atoms with Crippen LogP contribution in [0.1, 0.15) is 65.2 Å². The van der Waals surface area contributed by atoms with E-state index >= 15 is 0 Å². The van der Waals surface area contributed by atoms with Crippen LogP contribution in [0.2, 0.25) is 0 Å². The molecule has 0 bridgehead atoms. The molecule has 0 amide bonds. The molecule has 0 fully saturated rings. The average Bonchev–Trinajstić information content (AvgIpc) is 2.36. The molecule has 0 spiro atoms. The van der Waals surface area contributed by atoms with E-state index in [-0.39, 0.29) is 12.8 Å². The number of rotatable bonds is 9. The van der Waals surface area contributed by atoms with Gasteiger partial charge in [0, 0.05) is 9.84 Å². The molecule has 0 aromatic rings. The fourth-order valence-electron chi connectivity index (χ4n) is 2.23. The standard InChI is InChI=1S/C14H22F7I/c1-3-5-6-7-8-9-11(22,4-2)10-12(15,13(16,17)18)14(19,20)21/h3-10H2,1-2H3. The first-order valence-electron chi connectivity index (χ1n) is 7.34. The van der Waals surface area contributed by atoms with E-state index in [9.17, 15) is 30.7 Å². The first-order valence-corrected chi connectivity index (χ1v) is 8.42. The van der Waals surface area contributed by atoms with E-state index in [1.165, 1.54) is 6.92 Å². The second-order valence-electron chi connectivity index (χ2n) is 5.64. The topological polar surface area (TPSA) is 0 Å². The second kappa shape index (κ2) is 8.37. The van der Waals surface area contributed by atoms with Gasteiger partial charge >= 0.3 is 12.4 Å². The van der Waals surface area contributed by atoms with Gasteiger partial charge < -0.3 is 0 Å². The van der Waals surface area contributed by atoms with Crippen molar-refractivity contribution < 1.29 is 30.7 Å². The summed E-state index contributed by atoms with van der Waals surface area (Å²) >= 11 is 1.57. The average molecular weight is 450 g/mol. The third-order valence-corrected chi connectivity index (χ3v) is 5.50. The van der Waals surface area contributed by atoms with Crippen LogP contribution in [0.3, 0.4) is 0 Å². The molecule has 0 nitrogen and oxygen atoms in total. The summed E-state index contributed by atoms with van der Waals surface area (Å²) < 4.78 is 88.4. The third kappa shape index (κ3) is 6.03. The summed E-state index contributed by atoms with van der Waals surface area (Å²) in [6.45, 7) is 3.49. The molecule has 0 aromatic carbocycles. The van der Waals surface area contributed by atoms with Crippen LogP contribution in [-0.2, 0) is 0 Å². The highest BCUT2D eigenvalue weighted by Crippen LogP contribution is 2.53. The van der Waals surface area contributed by atoms with Crippen LogP contribution in [0.5, 0.6) is 0 Å². The molecule has 0 saturated carbocycles. The van der Waals surface area contributed by atoms with Crippen molar-refractivity contribution in [3.63, 3.8) is 0 Å². The summed E-state index contributed by atoms with van der Waals surface area (Å²) in [6, 6.07) is 0. The van der Waals surface area contributed by atoms with E-state index in [0.717, 1.165) is 25.7 Å². The maximum Gasteiger partial charge on any atom is 0.431 e. The highest BCUT2D eigenvalue weighted by atomic mass is 127. The Balaban J connectivity index is 4.98. The monoisotopic (exact) mass is 450 g/mol. The Morgan fingerprint density at radius 3 is 1.55 bits per heavy atom. The number of hydrogen-bond donors (Lipinski definition) is 0. The van der Waals surface area contributed by atoms with E-state index < -0.39 is 27.9 Å². The van der Waals surface area contributed by atoms with E-state index in [1.54, 1.807) is 22.6 Å². The van der Waals surface area contributed by atoms with Gasteiger partial charge in [-0.25, -0.2) is 4.39 Å². The molecule has 22 heavy (non-hydrogen) atoms. The van der Waals surface area contributed by atoms with Gasteiger partial charge in [0.05, 0.1) is 0 Å². The summed E-state index contributed by atoms with van der Waals surface area (Å²) in [5, 5.41) is 0. The number of halogens is 8. The zero-order chi connectivity index (χ0) is 17.7. The minimum Gasteiger partial charge on any atom is -0.224 e. The highest BCUT2D eigenvalue weighted by Gasteiger charge is 2.73. The molecular weight excluding hydrogens is 428 g/mol. The molecule has 0 aliphatic rings. The number of alkyl halides is 8. The summed E-state index contributed by atoms with van der Waals surface area (Å²) in [4.78, 5) is 0. The van der Waals surface area contributed by atoms with Crippen LogP contribution >= 0.6 is 22.6 Å². The molecule has 8 heteroatoms. The Morgan fingerprint density at radius 2 is 1.18 bits per heavy atom. The van der Waals surface area contributed by atoms with Crippen molar-refractivity contribution in [3.05, 3.63) is 0 Å². The zero-order valence-electron chi connectivity index (χ0n) is 12.7. The Morgan fingerprint density at radius 1 is 0.727 bits per heavy atom. The lowest BCUT2D eigenvalue weighted by molar-refractivity contribution is -0.344. The molecule has 0 rings (SSSR count). The van der Waals surface area contributed by atoms with Crippen LogP contribution in [-0.4, -0.2) is 21.4 Å². The number of unbranched alkanes of at least 4 members (excludes halogenated alkanes) is 4. The minimum atomic E-state index is -5.96. The number of hydrogen-bond acceptors (Lipinski definition) is 0. The normalized spacial score (nSPS) is 16.6. The SMILES string of the molecule is CCCCCCCC(I)(CC)CC(F)(C(F)(F)F)C(F)(F)F. The quantitative estimate of drug-likeness (QED) is 0.151. The smallest absolute Gasteiger partial charge is 0.224 e. The van der Waals surface area contributed by atoms with Crippen molar-refractivity contribution >= 4 is 22.6 Å². The van der Waals surface area contributed by atoms with Gasteiger partial charge in [-0.05, 0) is 12.8 Å². The van der Waals surface area contributed by atoms with Crippen LogP contribution in [0.4, 0.5) is 30.7 Å². The molecule has 134 valence electrons.